The Balaban J connectivity index is 0.758. The van der Waals surface area contributed by atoms with Gasteiger partial charge in [-0.25, -0.2) is 4.79 Å². The van der Waals surface area contributed by atoms with Crippen LogP contribution in [0.2, 0.25) is 0 Å². The SMILES string of the molecule is C[C@@H](C(=O)N[C@H]1CCS[C@H]2CC(C)(C)[C@@H](C(=O)N[C@H]3c4ccccc4C[C@H]3OCc3ccc(-c4ccc(CO[C@@H]5Cc6ccccc6[C@@H]5NC(=O)[C@H]5N6C(=O)[C@@H](N)CCS[C@H]6CC5(C)C)cc4)cc3)N2C1=O)N(C)C(=O)OC(C)(C)C. The van der Waals surface area contributed by atoms with Crippen molar-refractivity contribution >= 4 is 59.2 Å². The van der Waals surface area contributed by atoms with E-state index in [2.05, 4.69) is 96.5 Å². The molecule has 432 valence electrons. The number of nitrogens with zero attached hydrogens (tertiary/aromatic N) is 3. The monoisotopic (exact) mass is 1140 g/mol. The van der Waals surface area contributed by atoms with Crippen LogP contribution in [0.5, 0.6) is 0 Å². The van der Waals surface area contributed by atoms with Crippen molar-refractivity contribution < 1.29 is 43.0 Å². The molecular weight excluding hydrogens is 1060 g/mol. The summed E-state index contributed by atoms with van der Waals surface area (Å²) in [6, 6.07) is 28.1. The lowest BCUT2D eigenvalue weighted by Crippen LogP contribution is -2.58. The van der Waals surface area contributed by atoms with Gasteiger partial charge in [0.25, 0.3) is 0 Å². The van der Waals surface area contributed by atoms with Crippen molar-refractivity contribution in [2.75, 3.05) is 18.6 Å². The van der Waals surface area contributed by atoms with Crippen LogP contribution in [0.4, 0.5) is 4.79 Å². The molecule has 0 bridgehead atoms. The Morgan fingerprint density at radius 2 is 1.11 bits per heavy atom. The van der Waals surface area contributed by atoms with Gasteiger partial charge in [-0.15, -0.1) is 23.5 Å². The first-order valence-electron chi connectivity index (χ1n) is 28.5. The van der Waals surface area contributed by atoms with E-state index in [0.717, 1.165) is 56.7 Å². The molecule has 0 unspecified atom stereocenters. The van der Waals surface area contributed by atoms with Crippen molar-refractivity contribution in [2.45, 2.75) is 178 Å². The molecule has 18 heteroatoms. The molecule has 81 heavy (non-hydrogen) atoms. The van der Waals surface area contributed by atoms with Gasteiger partial charge in [0.05, 0.1) is 54.3 Å². The second-order valence-electron chi connectivity index (χ2n) is 25.2. The van der Waals surface area contributed by atoms with E-state index in [0.29, 0.717) is 51.1 Å². The number of nitrogens with two attached hydrogens (primary N) is 1. The molecule has 0 aromatic heterocycles. The molecule has 0 spiro atoms. The van der Waals surface area contributed by atoms with Crippen LogP contribution in [0.15, 0.2) is 97.1 Å². The molecule has 10 rings (SSSR count). The van der Waals surface area contributed by atoms with E-state index in [9.17, 15) is 28.8 Å². The lowest BCUT2D eigenvalue weighted by molar-refractivity contribution is -0.144. The Morgan fingerprint density at radius 3 is 1.58 bits per heavy atom. The van der Waals surface area contributed by atoms with Gasteiger partial charge in [0, 0.05) is 19.9 Å². The summed E-state index contributed by atoms with van der Waals surface area (Å²) < 4.78 is 18.8. The quantitative estimate of drug-likeness (QED) is 0.0945. The highest BCUT2D eigenvalue weighted by atomic mass is 32.2. The van der Waals surface area contributed by atoms with E-state index in [1.54, 1.807) is 61.0 Å². The topological polar surface area (TPSA) is 202 Å². The summed E-state index contributed by atoms with van der Waals surface area (Å²) in [6.45, 7) is 15.7. The van der Waals surface area contributed by atoms with Gasteiger partial charge in [-0.2, -0.15) is 0 Å². The number of carbonyl (C=O) groups is 6. The summed E-state index contributed by atoms with van der Waals surface area (Å²) in [4.78, 5) is 88.4. The zero-order valence-corrected chi connectivity index (χ0v) is 49.7. The van der Waals surface area contributed by atoms with E-state index < -0.39 is 64.7 Å². The Labute approximate surface area is 485 Å². The highest BCUT2D eigenvalue weighted by Crippen LogP contribution is 2.49. The van der Waals surface area contributed by atoms with Gasteiger partial charge < -0.3 is 45.7 Å². The number of thioether (sulfide) groups is 2. The first-order valence-corrected chi connectivity index (χ1v) is 30.6. The number of hydrogen-bond donors (Lipinski definition) is 4. The van der Waals surface area contributed by atoms with Crippen molar-refractivity contribution in [2.24, 2.45) is 16.6 Å². The second kappa shape index (κ2) is 23.4. The molecule has 6 aliphatic rings. The first kappa shape index (κ1) is 58.3. The normalized spacial score (nSPS) is 27.7. The highest BCUT2D eigenvalue weighted by Gasteiger charge is 2.57. The lowest BCUT2D eigenvalue weighted by Gasteiger charge is -2.35. The zero-order chi connectivity index (χ0) is 57.7. The standard InChI is InChI=1S/C63H79N7O9S2/c1-36(68(9)60(76)79-61(2,3)4)55(71)65-46-27-29-81-50-33-63(7,8)54(70(50)59(46)75)57(73)67-52-44-17-13-11-15-42(44)31-48(52)78-35-38-20-24-40(25-21-38)39-22-18-37(19-23-39)34-77-47-30-41-14-10-12-16-43(41)51(47)66-56(72)53-62(5,6)32-49-69(53)58(74)45(64)26-28-80-49/h10-25,36,45-54H,26-35,64H2,1-9H3,(H,65,71)(H,66,72)(H,67,73)/t36-,45-,46-,47+,48+,49-,50-,51-,52-,53+,54+/m0/s1. The van der Waals surface area contributed by atoms with Crippen LogP contribution >= 0.6 is 23.5 Å². The fraction of sp³-hybridized carbons (Fsp3) is 0.524. The smallest absolute Gasteiger partial charge is 0.410 e. The van der Waals surface area contributed by atoms with E-state index in [4.69, 9.17) is 19.9 Å². The Bertz CT molecular complexity index is 3020. The second-order valence-corrected chi connectivity index (χ2v) is 27.8. The third kappa shape index (κ3) is 12.3. The molecule has 4 aromatic carbocycles. The van der Waals surface area contributed by atoms with E-state index in [1.807, 2.05) is 44.2 Å². The van der Waals surface area contributed by atoms with E-state index >= 15 is 0 Å². The molecule has 4 saturated heterocycles. The third-order valence-corrected chi connectivity index (χ3v) is 19.7. The average molecular weight is 1140 g/mol. The average Bonchev–Trinajstić information content (AvgIpc) is 4.10. The van der Waals surface area contributed by atoms with Gasteiger partial charge in [-0.1, -0.05) is 125 Å². The molecule has 2 aliphatic carbocycles. The molecule has 16 nitrogen and oxygen atoms in total. The molecule has 6 amide bonds. The number of benzene rings is 4. The molecule has 4 aromatic rings. The van der Waals surface area contributed by atoms with Crippen LogP contribution in [0.3, 0.4) is 0 Å². The van der Waals surface area contributed by atoms with Gasteiger partial charge in [-0.3, -0.25) is 28.9 Å². The van der Waals surface area contributed by atoms with Crippen LogP contribution in [0.1, 0.15) is 127 Å². The summed E-state index contributed by atoms with van der Waals surface area (Å²) in [7, 11) is 1.50. The number of amides is 6. The number of likely N-dealkylation sites (N-methyl/N-ethyl adjacent to an activating group) is 1. The predicted molar refractivity (Wildman–Crippen MR) is 314 cm³/mol. The number of rotatable bonds is 14. The van der Waals surface area contributed by atoms with Crippen LogP contribution in [0.25, 0.3) is 11.1 Å². The van der Waals surface area contributed by atoms with Gasteiger partial charge >= 0.3 is 6.09 Å². The third-order valence-electron chi connectivity index (χ3n) is 17.2. The molecule has 4 heterocycles. The maximum atomic E-state index is 14.8. The molecule has 5 N–H and O–H groups in total. The fourth-order valence-electron chi connectivity index (χ4n) is 12.8. The van der Waals surface area contributed by atoms with Gasteiger partial charge in [0.1, 0.15) is 29.8 Å². The maximum absolute atomic E-state index is 14.8. The van der Waals surface area contributed by atoms with Gasteiger partial charge in [0.2, 0.25) is 29.5 Å². The van der Waals surface area contributed by atoms with Crippen molar-refractivity contribution in [1.29, 1.82) is 0 Å². The fourth-order valence-corrected chi connectivity index (χ4v) is 15.9. The molecule has 0 saturated carbocycles. The van der Waals surface area contributed by atoms with Crippen LogP contribution in [0, 0.1) is 10.8 Å². The zero-order valence-electron chi connectivity index (χ0n) is 48.1. The van der Waals surface area contributed by atoms with E-state index in [1.165, 1.54) is 11.9 Å². The summed E-state index contributed by atoms with van der Waals surface area (Å²) >= 11 is 3.35. The summed E-state index contributed by atoms with van der Waals surface area (Å²) in [5.74, 6) is 0.0189. The van der Waals surface area contributed by atoms with Gasteiger partial charge in [-0.05, 0) is 120 Å². The maximum Gasteiger partial charge on any atom is 0.410 e. The van der Waals surface area contributed by atoms with Crippen molar-refractivity contribution in [3.8, 4) is 11.1 Å². The molecular formula is C63H79N7O9S2. The van der Waals surface area contributed by atoms with Crippen molar-refractivity contribution in [3.05, 3.63) is 130 Å². The first-order chi connectivity index (χ1) is 38.5. The van der Waals surface area contributed by atoms with Crippen molar-refractivity contribution in [1.82, 2.24) is 30.7 Å². The summed E-state index contributed by atoms with van der Waals surface area (Å²) in [5, 5.41) is 9.30. The molecule has 0 radical (unpaired) electrons. The van der Waals surface area contributed by atoms with E-state index in [-0.39, 0.29) is 52.6 Å². The number of fused-ring (bicyclic) bond motifs is 4. The minimum absolute atomic E-state index is 0.0765. The Morgan fingerprint density at radius 1 is 0.667 bits per heavy atom. The molecule has 4 aliphatic heterocycles. The number of hydrogen-bond acceptors (Lipinski definition) is 12. The number of carbonyl (C=O) groups excluding carboxylic acids is 6. The largest absolute Gasteiger partial charge is 0.444 e. The van der Waals surface area contributed by atoms with Crippen LogP contribution in [-0.2, 0) is 64.2 Å². The number of ether oxygens (including phenoxy) is 3. The summed E-state index contributed by atoms with van der Waals surface area (Å²) in [5.41, 5.74) is 12.9. The lowest BCUT2D eigenvalue weighted by atomic mass is 9.83. The van der Waals surface area contributed by atoms with Crippen LogP contribution in [-0.4, -0.2) is 128 Å². The van der Waals surface area contributed by atoms with Gasteiger partial charge in [0.15, 0.2) is 0 Å². The van der Waals surface area contributed by atoms with Crippen LogP contribution < -0.4 is 21.7 Å². The van der Waals surface area contributed by atoms with Crippen molar-refractivity contribution in [3.63, 3.8) is 0 Å². The number of nitrogens with one attached hydrogen (secondary N) is 3. The Hall–Kier alpha value is -5.92. The predicted octanol–water partition coefficient (Wildman–Crippen LogP) is 8.20. The molecule has 11 atom stereocenters. The minimum Gasteiger partial charge on any atom is -0.444 e. The highest BCUT2D eigenvalue weighted by molar-refractivity contribution is 8.00. The minimum atomic E-state index is -0.905. The summed E-state index contributed by atoms with van der Waals surface area (Å²) in [6.07, 6.45) is 2.27. The Kier molecular flexibility index (Phi) is 16.8. The molecule has 4 fully saturated rings.